The van der Waals surface area contributed by atoms with Gasteiger partial charge in [0.15, 0.2) is 0 Å². The van der Waals surface area contributed by atoms with E-state index in [9.17, 15) is 8.78 Å². The predicted molar refractivity (Wildman–Crippen MR) is 76.0 cm³/mol. The molecule has 1 unspecified atom stereocenters. The molecule has 0 amide bonds. The molecule has 0 aliphatic heterocycles. The SMILES string of the molecule is CNC(Cc1ccc(F)c(Br)c1)c1ccccc1F. The Balaban J connectivity index is 2.24. The molecule has 0 aliphatic rings. The van der Waals surface area contributed by atoms with Crippen LogP contribution in [0, 0.1) is 11.6 Å². The standard InChI is InChI=1S/C15H14BrF2N/c1-19-15(11-4-2-3-5-13(11)17)9-10-6-7-14(18)12(16)8-10/h2-8,15,19H,9H2,1H3. The van der Waals surface area contributed by atoms with Gasteiger partial charge in [-0.05, 0) is 53.2 Å². The molecule has 0 radical (unpaired) electrons. The minimum Gasteiger partial charge on any atom is -0.313 e. The third-order valence-electron chi connectivity index (χ3n) is 3.05. The Morgan fingerprint density at radius 2 is 1.84 bits per heavy atom. The number of likely N-dealkylation sites (N-methyl/N-ethyl adjacent to an activating group) is 1. The second-order valence-corrected chi connectivity index (χ2v) is 5.17. The molecular weight excluding hydrogens is 312 g/mol. The van der Waals surface area contributed by atoms with Crippen LogP contribution < -0.4 is 5.32 Å². The van der Waals surface area contributed by atoms with Crippen LogP contribution in [0.15, 0.2) is 46.9 Å². The molecule has 2 aromatic rings. The van der Waals surface area contributed by atoms with Crippen LogP contribution in [0.5, 0.6) is 0 Å². The summed E-state index contributed by atoms with van der Waals surface area (Å²) in [6, 6.07) is 11.4. The molecule has 2 aromatic carbocycles. The summed E-state index contributed by atoms with van der Waals surface area (Å²) < 4.78 is 27.4. The van der Waals surface area contributed by atoms with Crippen LogP contribution in [-0.4, -0.2) is 7.05 Å². The molecule has 0 heterocycles. The van der Waals surface area contributed by atoms with Crippen molar-refractivity contribution in [2.24, 2.45) is 0 Å². The van der Waals surface area contributed by atoms with Crippen LogP contribution in [0.2, 0.25) is 0 Å². The molecular formula is C15H14BrF2N. The zero-order chi connectivity index (χ0) is 13.8. The number of hydrogen-bond acceptors (Lipinski definition) is 1. The molecule has 4 heteroatoms. The van der Waals surface area contributed by atoms with Gasteiger partial charge < -0.3 is 5.32 Å². The van der Waals surface area contributed by atoms with Crippen LogP contribution in [-0.2, 0) is 6.42 Å². The highest BCUT2D eigenvalue weighted by atomic mass is 79.9. The van der Waals surface area contributed by atoms with E-state index in [0.717, 1.165) is 5.56 Å². The van der Waals surface area contributed by atoms with E-state index >= 15 is 0 Å². The first-order valence-electron chi connectivity index (χ1n) is 5.97. The second-order valence-electron chi connectivity index (χ2n) is 4.32. The minimum atomic E-state index is -0.296. The lowest BCUT2D eigenvalue weighted by Gasteiger charge is -2.17. The Bertz CT molecular complexity index is 572. The summed E-state index contributed by atoms with van der Waals surface area (Å²) in [6.45, 7) is 0. The fourth-order valence-corrected chi connectivity index (χ4v) is 2.45. The highest BCUT2D eigenvalue weighted by molar-refractivity contribution is 9.10. The van der Waals surface area contributed by atoms with Gasteiger partial charge in [0.05, 0.1) is 4.47 Å². The summed E-state index contributed by atoms with van der Waals surface area (Å²) in [6.07, 6.45) is 0.594. The third-order valence-corrected chi connectivity index (χ3v) is 3.66. The zero-order valence-corrected chi connectivity index (χ0v) is 12.0. The topological polar surface area (TPSA) is 12.0 Å². The van der Waals surface area contributed by atoms with Crippen molar-refractivity contribution in [3.05, 3.63) is 69.7 Å². The first kappa shape index (κ1) is 14.2. The lowest BCUT2D eigenvalue weighted by atomic mass is 9.98. The maximum atomic E-state index is 13.8. The van der Waals surface area contributed by atoms with Gasteiger partial charge in [0.2, 0.25) is 0 Å². The Morgan fingerprint density at radius 1 is 1.11 bits per heavy atom. The molecule has 19 heavy (non-hydrogen) atoms. The van der Waals surface area contributed by atoms with Gasteiger partial charge in [-0.15, -0.1) is 0 Å². The van der Waals surface area contributed by atoms with Gasteiger partial charge in [-0.1, -0.05) is 24.3 Å². The van der Waals surface area contributed by atoms with E-state index in [1.165, 1.54) is 12.1 Å². The van der Waals surface area contributed by atoms with Crippen molar-refractivity contribution in [1.82, 2.24) is 5.32 Å². The first-order chi connectivity index (χ1) is 9.11. The summed E-state index contributed by atoms with van der Waals surface area (Å²) in [5.41, 5.74) is 1.56. The normalized spacial score (nSPS) is 12.4. The lowest BCUT2D eigenvalue weighted by molar-refractivity contribution is 0.533. The molecule has 2 rings (SSSR count). The van der Waals surface area contributed by atoms with E-state index in [1.54, 1.807) is 31.3 Å². The highest BCUT2D eigenvalue weighted by Crippen LogP contribution is 2.23. The smallest absolute Gasteiger partial charge is 0.137 e. The molecule has 0 fully saturated rings. The van der Waals surface area contributed by atoms with Gasteiger partial charge in [0, 0.05) is 11.6 Å². The van der Waals surface area contributed by atoms with E-state index in [4.69, 9.17) is 0 Å². The highest BCUT2D eigenvalue weighted by Gasteiger charge is 2.14. The monoisotopic (exact) mass is 325 g/mol. The average molecular weight is 326 g/mol. The molecule has 100 valence electrons. The third kappa shape index (κ3) is 3.39. The van der Waals surface area contributed by atoms with Crippen molar-refractivity contribution in [2.45, 2.75) is 12.5 Å². The summed E-state index contributed by atoms with van der Waals surface area (Å²) in [4.78, 5) is 0. The van der Waals surface area contributed by atoms with E-state index < -0.39 is 0 Å². The maximum absolute atomic E-state index is 13.8. The zero-order valence-electron chi connectivity index (χ0n) is 10.5. The van der Waals surface area contributed by atoms with Crippen LogP contribution in [0.3, 0.4) is 0 Å². The van der Waals surface area contributed by atoms with E-state index in [0.29, 0.717) is 16.5 Å². The molecule has 0 aromatic heterocycles. The summed E-state index contributed by atoms with van der Waals surface area (Å²) in [5.74, 6) is -0.529. The van der Waals surface area contributed by atoms with Crippen LogP contribution in [0.4, 0.5) is 8.78 Å². The van der Waals surface area contributed by atoms with Gasteiger partial charge in [-0.2, -0.15) is 0 Å². The number of halogens is 3. The predicted octanol–water partition coefficient (Wildman–Crippen LogP) is 4.23. The van der Waals surface area contributed by atoms with Crippen molar-refractivity contribution in [3.8, 4) is 0 Å². The number of benzene rings is 2. The van der Waals surface area contributed by atoms with Crippen molar-refractivity contribution < 1.29 is 8.78 Å². The minimum absolute atomic E-state index is 0.140. The largest absolute Gasteiger partial charge is 0.313 e. The van der Waals surface area contributed by atoms with Gasteiger partial charge in [-0.3, -0.25) is 0 Å². The lowest BCUT2D eigenvalue weighted by Crippen LogP contribution is -2.20. The van der Waals surface area contributed by atoms with E-state index in [-0.39, 0.29) is 17.7 Å². The quantitative estimate of drug-likeness (QED) is 0.887. The fourth-order valence-electron chi connectivity index (χ4n) is 2.03. The molecule has 1 N–H and O–H groups in total. The number of hydrogen-bond donors (Lipinski definition) is 1. The fraction of sp³-hybridized carbons (Fsp3) is 0.200. The Morgan fingerprint density at radius 3 is 2.47 bits per heavy atom. The molecule has 1 atom stereocenters. The Hall–Kier alpha value is -1.26. The van der Waals surface area contributed by atoms with Crippen LogP contribution in [0.1, 0.15) is 17.2 Å². The number of rotatable bonds is 4. The summed E-state index contributed by atoms with van der Waals surface area (Å²) >= 11 is 3.16. The molecule has 0 saturated carbocycles. The van der Waals surface area contributed by atoms with Gasteiger partial charge in [-0.25, -0.2) is 8.78 Å². The second kappa shape index (κ2) is 6.26. The van der Waals surface area contributed by atoms with Crippen molar-refractivity contribution >= 4 is 15.9 Å². The summed E-state index contributed by atoms with van der Waals surface area (Å²) in [5, 5.41) is 3.09. The van der Waals surface area contributed by atoms with Gasteiger partial charge >= 0.3 is 0 Å². The van der Waals surface area contributed by atoms with Crippen LogP contribution in [0.25, 0.3) is 0 Å². The maximum Gasteiger partial charge on any atom is 0.137 e. The molecule has 1 nitrogen and oxygen atoms in total. The van der Waals surface area contributed by atoms with E-state index in [2.05, 4.69) is 21.2 Å². The van der Waals surface area contributed by atoms with Gasteiger partial charge in [0.25, 0.3) is 0 Å². The summed E-state index contributed by atoms with van der Waals surface area (Å²) in [7, 11) is 1.79. The molecule has 0 aliphatic carbocycles. The molecule has 0 saturated heterocycles. The average Bonchev–Trinajstić information content (AvgIpc) is 2.41. The van der Waals surface area contributed by atoms with Crippen molar-refractivity contribution in [2.75, 3.05) is 7.05 Å². The Labute approximate surface area is 119 Å². The van der Waals surface area contributed by atoms with Crippen molar-refractivity contribution in [3.63, 3.8) is 0 Å². The Kier molecular flexibility index (Phi) is 4.66. The van der Waals surface area contributed by atoms with E-state index in [1.807, 2.05) is 6.07 Å². The first-order valence-corrected chi connectivity index (χ1v) is 6.76. The number of nitrogens with one attached hydrogen (secondary N) is 1. The van der Waals surface area contributed by atoms with Crippen molar-refractivity contribution in [1.29, 1.82) is 0 Å². The van der Waals surface area contributed by atoms with Gasteiger partial charge in [0.1, 0.15) is 11.6 Å². The molecule has 0 spiro atoms. The van der Waals surface area contributed by atoms with Crippen LogP contribution >= 0.6 is 15.9 Å². The molecule has 0 bridgehead atoms.